The molecule has 0 unspecified atom stereocenters. The summed E-state index contributed by atoms with van der Waals surface area (Å²) in [7, 11) is 0. The van der Waals surface area contributed by atoms with Crippen LogP contribution >= 0.6 is 11.6 Å². The number of carbonyl (C=O) groups is 1. The number of carbonyl (C=O) groups excluding carboxylic acids is 1. The van der Waals surface area contributed by atoms with Crippen LogP contribution in [0.15, 0.2) is 53.3 Å². The fourth-order valence-corrected chi connectivity index (χ4v) is 4.44. The van der Waals surface area contributed by atoms with E-state index in [1.807, 2.05) is 23.1 Å². The van der Waals surface area contributed by atoms with Crippen LogP contribution in [0.5, 0.6) is 0 Å². The minimum Gasteiger partial charge on any atom is -0.322 e. The van der Waals surface area contributed by atoms with Crippen molar-refractivity contribution < 1.29 is 4.79 Å². The second-order valence-corrected chi connectivity index (χ2v) is 8.69. The first-order valence-electron chi connectivity index (χ1n) is 11.0. The first-order valence-corrected chi connectivity index (χ1v) is 11.4. The van der Waals surface area contributed by atoms with Crippen molar-refractivity contribution in [1.29, 1.82) is 0 Å². The summed E-state index contributed by atoms with van der Waals surface area (Å²) in [6.07, 6.45) is 6.24. The molecule has 1 aliphatic rings. The highest BCUT2D eigenvalue weighted by Gasteiger charge is 2.26. The molecule has 5 nitrogen and oxygen atoms in total. The molecule has 2 N–H and O–H groups in total. The number of urea groups is 1. The van der Waals surface area contributed by atoms with Gasteiger partial charge >= 0.3 is 6.03 Å². The number of nitrogens with zero attached hydrogens (tertiary/aromatic N) is 1. The zero-order chi connectivity index (χ0) is 21.8. The number of benzene rings is 2. The molecular weight excluding hydrogens is 410 g/mol. The number of amides is 2. The van der Waals surface area contributed by atoms with E-state index in [2.05, 4.69) is 23.3 Å². The number of aromatic nitrogens is 1. The lowest BCUT2D eigenvalue weighted by atomic mass is 9.94. The summed E-state index contributed by atoms with van der Waals surface area (Å²) < 4.78 is 0. The molecule has 3 aromatic rings. The Balaban J connectivity index is 1.63. The zero-order valence-electron chi connectivity index (χ0n) is 17.8. The highest BCUT2D eigenvalue weighted by Crippen LogP contribution is 2.25. The summed E-state index contributed by atoms with van der Waals surface area (Å²) in [6.45, 7) is 2.39. The third-order valence-corrected chi connectivity index (χ3v) is 6.36. The summed E-state index contributed by atoms with van der Waals surface area (Å²) in [4.78, 5) is 30.9. The molecule has 31 heavy (non-hydrogen) atoms. The first-order chi connectivity index (χ1) is 15.0. The standard InChI is InChI=1S/C25H28ClN3O2/c1-2-17-8-13-23-18(14-17)15-19(24(30)28-23)16-29(22-6-4-3-5-7-22)25(31)27-21-11-9-20(26)10-12-21/h8-15,22H,2-7,16H2,1H3,(H,27,31)(H,28,30). The van der Waals surface area contributed by atoms with Gasteiger partial charge in [0.1, 0.15) is 0 Å². The number of H-pyrrole nitrogens is 1. The summed E-state index contributed by atoms with van der Waals surface area (Å²) >= 11 is 5.97. The largest absolute Gasteiger partial charge is 0.322 e. The number of hydrogen-bond acceptors (Lipinski definition) is 2. The summed E-state index contributed by atoms with van der Waals surface area (Å²) in [5, 5.41) is 4.60. The van der Waals surface area contributed by atoms with Crippen molar-refractivity contribution in [3.8, 4) is 0 Å². The third-order valence-electron chi connectivity index (χ3n) is 6.11. The summed E-state index contributed by atoms with van der Waals surface area (Å²) in [6, 6.07) is 15.0. The van der Waals surface area contributed by atoms with Crippen molar-refractivity contribution in [3.05, 3.63) is 75.0 Å². The molecule has 162 valence electrons. The Hall–Kier alpha value is -2.79. The first kappa shape index (κ1) is 21.4. The van der Waals surface area contributed by atoms with Crippen LogP contribution in [-0.2, 0) is 13.0 Å². The highest BCUT2D eigenvalue weighted by molar-refractivity contribution is 6.30. The van der Waals surface area contributed by atoms with Crippen molar-refractivity contribution in [2.75, 3.05) is 5.32 Å². The van der Waals surface area contributed by atoms with Crippen LogP contribution in [0, 0.1) is 0 Å². The molecule has 0 radical (unpaired) electrons. The molecule has 0 atom stereocenters. The van der Waals surface area contributed by atoms with Crippen LogP contribution < -0.4 is 10.9 Å². The van der Waals surface area contributed by atoms with E-state index >= 15 is 0 Å². The van der Waals surface area contributed by atoms with E-state index in [-0.39, 0.29) is 24.2 Å². The topological polar surface area (TPSA) is 65.2 Å². The molecule has 1 heterocycles. The van der Waals surface area contributed by atoms with E-state index in [0.717, 1.165) is 43.0 Å². The van der Waals surface area contributed by atoms with Gasteiger partial charge in [-0.2, -0.15) is 0 Å². The van der Waals surface area contributed by atoms with Gasteiger partial charge in [0.05, 0.1) is 6.54 Å². The zero-order valence-corrected chi connectivity index (χ0v) is 18.5. The Kier molecular flexibility index (Phi) is 6.62. The van der Waals surface area contributed by atoms with Crippen LogP contribution in [0.3, 0.4) is 0 Å². The van der Waals surface area contributed by atoms with Crippen LogP contribution in [0.2, 0.25) is 5.02 Å². The molecule has 0 bridgehead atoms. The molecule has 6 heteroatoms. The summed E-state index contributed by atoms with van der Waals surface area (Å²) in [5.74, 6) is 0. The molecule has 1 fully saturated rings. The molecular formula is C25H28ClN3O2. The van der Waals surface area contributed by atoms with E-state index in [0.29, 0.717) is 16.3 Å². The van der Waals surface area contributed by atoms with E-state index in [1.165, 1.54) is 12.0 Å². The maximum atomic E-state index is 13.2. The van der Waals surface area contributed by atoms with Crippen molar-refractivity contribution in [1.82, 2.24) is 9.88 Å². The van der Waals surface area contributed by atoms with Gasteiger partial charge < -0.3 is 15.2 Å². The van der Waals surface area contributed by atoms with Crippen LogP contribution in [0.25, 0.3) is 10.9 Å². The van der Waals surface area contributed by atoms with Gasteiger partial charge in [-0.05, 0) is 72.7 Å². The van der Waals surface area contributed by atoms with E-state index in [9.17, 15) is 9.59 Å². The van der Waals surface area contributed by atoms with Crippen LogP contribution in [0.4, 0.5) is 10.5 Å². The monoisotopic (exact) mass is 437 g/mol. The predicted molar refractivity (Wildman–Crippen MR) is 127 cm³/mol. The Bertz CT molecular complexity index is 1120. The summed E-state index contributed by atoms with van der Waals surface area (Å²) in [5.41, 5.74) is 3.19. The maximum absolute atomic E-state index is 13.2. The molecule has 1 aromatic heterocycles. The lowest BCUT2D eigenvalue weighted by molar-refractivity contribution is 0.162. The van der Waals surface area contributed by atoms with Gasteiger partial charge in [0.25, 0.3) is 5.56 Å². The molecule has 0 spiro atoms. The van der Waals surface area contributed by atoms with Gasteiger partial charge in [0, 0.05) is 27.8 Å². The molecule has 4 rings (SSSR count). The number of nitrogens with one attached hydrogen (secondary N) is 2. The molecule has 0 aliphatic heterocycles. The van der Waals surface area contributed by atoms with Gasteiger partial charge in [0.15, 0.2) is 0 Å². The molecule has 2 amide bonds. The Labute approximate surface area is 187 Å². The van der Waals surface area contributed by atoms with Gasteiger partial charge in [-0.25, -0.2) is 4.79 Å². The van der Waals surface area contributed by atoms with Crippen molar-refractivity contribution in [2.45, 2.75) is 58.0 Å². The maximum Gasteiger partial charge on any atom is 0.322 e. The lowest BCUT2D eigenvalue weighted by Gasteiger charge is -2.34. The van der Waals surface area contributed by atoms with Crippen LogP contribution in [-0.4, -0.2) is 22.0 Å². The van der Waals surface area contributed by atoms with E-state index in [4.69, 9.17) is 11.6 Å². The fourth-order valence-electron chi connectivity index (χ4n) is 4.31. The average molecular weight is 438 g/mol. The third kappa shape index (κ3) is 5.10. The number of aryl methyl sites for hydroxylation is 1. The number of anilines is 1. The average Bonchev–Trinajstić information content (AvgIpc) is 2.79. The molecule has 0 saturated heterocycles. The SMILES string of the molecule is CCc1ccc2[nH]c(=O)c(CN(C(=O)Nc3ccc(Cl)cc3)C3CCCCC3)cc2c1. The minimum atomic E-state index is -0.184. The molecule has 1 saturated carbocycles. The number of aromatic amines is 1. The van der Waals surface area contributed by atoms with Crippen molar-refractivity contribution in [2.24, 2.45) is 0 Å². The molecule has 2 aromatic carbocycles. The van der Waals surface area contributed by atoms with Crippen molar-refractivity contribution in [3.63, 3.8) is 0 Å². The number of fused-ring (bicyclic) bond motifs is 1. The number of halogens is 1. The number of rotatable bonds is 5. The normalized spacial score (nSPS) is 14.5. The van der Waals surface area contributed by atoms with Crippen molar-refractivity contribution >= 4 is 34.2 Å². The van der Waals surface area contributed by atoms with E-state index < -0.39 is 0 Å². The minimum absolute atomic E-state index is 0.123. The Morgan fingerprint density at radius 1 is 1.10 bits per heavy atom. The second-order valence-electron chi connectivity index (χ2n) is 8.26. The smallest absolute Gasteiger partial charge is 0.322 e. The number of hydrogen-bond donors (Lipinski definition) is 2. The predicted octanol–water partition coefficient (Wildman–Crippen LogP) is 6.11. The lowest BCUT2D eigenvalue weighted by Crippen LogP contribution is -2.44. The second kappa shape index (κ2) is 9.56. The van der Waals surface area contributed by atoms with Gasteiger partial charge in [-0.15, -0.1) is 0 Å². The highest BCUT2D eigenvalue weighted by atomic mass is 35.5. The Morgan fingerprint density at radius 2 is 1.84 bits per heavy atom. The number of pyridine rings is 1. The van der Waals surface area contributed by atoms with Gasteiger partial charge in [0.2, 0.25) is 0 Å². The quantitative estimate of drug-likeness (QED) is 0.505. The van der Waals surface area contributed by atoms with Crippen LogP contribution in [0.1, 0.15) is 50.2 Å². The van der Waals surface area contributed by atoms with E-state index in [1.54, 1.807) is 24.3 Å². The molecule has 1 aliphatic carbocycles. The Morgan fingerprint density at radius 3 is 2.55 bits per heavy atom. The van der Waals surface area contributed by atoms with Gasteiger partial charge in [-0.1, -0.05) is 43.9 Å². The van der Waals surface area contributed by atoms with Gasteiger partial charge in [-0.3, -0.25) is 4.79 Å². The fraction of sp³-hybridized carbons (Fsp3) is 0.360.